The van der Waals surface area contributed by atoms with Crippen molar-refractivity contribution in [2.45, 2.75) is 38.5 Å². The zero-order valence-corrected chi connectivity index (χ0v) is 15.9. The van der Waals surface area contributed by atoms with Gasteiger partial charge in [-0.15, -0.1) is 0 Å². The highest BCUT2D eigenvalue weighted by atomic mass is 79.9. The van der Waals surface area contributed by atoms with Crippen molar-refractivity contribution in [1.29, 1.82) is 0 Å². The number of hydrogen-bond acceptors (Lipinski definition) is 2. The van der Waals surface area contributed by atoms with Crippen LogP contribution >= 0.6 is 31.9 Å². The number of rotatable bonds is 5. The predicted molar refractivity (Wildman–Crippen MR) is 97.7 cm³/mol. The summed E-state index contributed by atoms with van der Waals surface area (Å²) >= 11 is 7.15. The fraction of sp³-hybridized carbons (Fsp3) is 0.333. The Bertz CT molecular complexity index is 598. The zero-order valence-electron chi connectivity index (χ0n) is 12.7. The summed E-state index contributed by atoms with van der Waals surface area (Å²) in [6, 6.07) is 10.9. The Morgan fingerprint density at radius 1 is 0.773 bits per heavy atom. The molecule has 0 aliphatic heterocycles. The van der Waals surface area contributed by atoms with Crippen molar-refractivity contribution >= 4 is 31.9 Å². The van der Waals surface area contributed by atoms with Gasteiger partial charge in [-0.25, -0.2) is 0 Å². The van der Waals surface area contributed by atoms with Crippen LogP contribution in [-0.2, 0) is 0 Å². The minimum absolute atomic E-state index is 0.268. The summed E-state index contributed by atoms with van der Waals surface area (Å²) < 4.78 is 1.88. The first-order valence-electron chi connectivity index (χ1n) is 7.44. The quantitative estimate of drug-likeness (QED) is 0.586. The summed E-state index contributed by atoms with van der Waals surface area (Å²) in [5.41, 5.74) is 2.40. The van der Waals surface area contributed by atoms with Crippen LogP contribution in [0.2, 0.25) is 0 Å². The second-order valence-corrected chi connectivity index (χ2v) is 7.15. The molecular formula is C18H20Br2O2. The third kappa shape index (κ3) is 3.66. The Balaban J connectivity index is 2.46. The SMILES string of the molecule is CC[C@H](c1ccc(O)cc1Br)[C@@H](CC)c1ccc(O)cc1Br. The lowest BCUT2D eigenvalue weighted by atomic mass is 9.78. The molecule has 0 aliphatic rings. The summed E-state index contributed by atoms with van der Waals surface area (Å²) in [5.74, 6) is 1.20. The first kappa shape index (κ1) is 17.4. The minimum Gasteiger partial charge on any atom is -0.508 e. The number of phenolic OH excluding ortho intramolecular Hbond substituents is 2. The molecule has 0 aliphatic carbocycles. The highest BCUT2D eigenvalue weighted by molar-refractivity contribution is 9.10. The average molecular weight is 428 g/mol. The van der Waals surface area contributed by atoms with E-state index in [0.29, 0.717) is 11.8 Å². The molecule has 0 amide bonds. The molecule has 0 heterocycles. The molecule has 0 aromatic heterocycles. The van der Waals surface area contributed by atoms with E-state index in [1.54, 1.807) is 24.3 Å². The number of halogens is 2. The summed E-state index contributed by atoms with van der Waals surface area (Å²) in [6.45, 7) is 4.36. The van der Waals surface area contributed by atoms with E-state index in [1.165, 1.54) is 11.1 Å². The third-order valence-electron chi connectivity index (χ3n) is 4.13. The molecule has 2 rings (SSSR count). The standard InChI is InChI=1S/C18H20Br2O2/c1-3-13(15-7-5-11(21)9-17(15)19)14(4-2)16-8-6-12(22)10-18(16)20/h5-10,13-14,21-22H,3-4H2,1-2H3/t13-,14+. The van der Waals surface area contributed by atoms with E-state index >= 15 is 0 Å². The van der Waals surface area contributed by atoms with Crippen molar-refractivity contribution in [1.82, 2.24) is 0 Å². The molecule has 0 unspecified atom stereocenters. The summed E-state index contributed by atoms with van der Waals surface area (Å²) in [6.07, 6.45) is 1.99. The molecular weight excluding hydrogens is 408 g/mol. The van der Waals surface area contributed by atoms with Crippen LogP contribution in [0.5, 0.6) is 11.5 Å². The summed E-state index contributed by atoms with van der Waals surface area (Å²) in [4.78, 5) is 0. The zero-order chi connectivity index (χ0) is 16.3. The van der Waals surface area contributed by atoms with Crippen LogP contribution < -0.4 is 0 Å². The fourth-order valence-electron chi connectivity index (χ4n) is 3.08. The van der Waals surface area contributed by atoms with E-state index in [9.17, 15) is 10.2 Å². The number of phenols is 2. The van der Waals surface area contributed by atoms with Gasteiger partial charge in [0.05, 0.1) is 0 Å². The molecule has 0 bridgehead atoms. The van der Waals surface area contributed by atoms with Gasteiger partial charge in [-0.05, 0) is 60.1 Å². The fourth-order valence-corrected chi connectivity index (χ4v) is 4.40. The molecule has 22 heavy (non-hydrogen) atoms. The molecule has 2 atom stereocenters. The largest absolute Gasteiger partial charge is 0.508 e. The predicted octanol–water partition coefficient (Wildman–Crippen LogP) is 6.31. The highest BCUT2D eigenvalue weighted by Crippen LogP contribution is 2.44. The van der Waals surface area contributed by atoms with Crippen LogP contribution in [0.3, 0.4) is 0 Å². The molecule has 0 spiro atoms. The first-order valence-corrected chi connectivity index (χ1v) is 9.03. The first-order chi connectivity index (χ1) is 10.5. The van der Waals surface area contributed by atoms with E-state index < -0.39 is 0 Å². The van der Waals surface area contributed by atoms with Crippen LogP contribution in [0.25, 0.3) is 0 Å². The van der Waals surface area contributed by atoms with Crippen molar-refractivity contribution in [2.24, 2.45) is 0 Å². The lowest BCUT2D eigenvalue weighted by molar-refractivity contribution is 0.469. The molecule has 118 valence electrons. The van der Waals surface area contributed by atoms with Crippen molar-refractivity contribution < 1.29 is 10.2 Å². The van der Waals surface area contributed by atoms with E-state index in [-0.39, 0.29) is 11.5 Å². The molecule has 0 fully saturated rings. The molecule has 2 aromatic carbocycles. The number of aromatic hydroxyl groups is 2. The van der Waals surface area contributed by atoms with Crippen molar-refractivity contribution in [3.8, 4) is 11.5 Å². The van der Waals surface area contributed by atoms with Gasteiger partial charge >= 0.3 is 0 Å². The van der Waals surface area contributed by atoms with Crippen molar-refractivity contribution in [2.75, 3.05) is 0 Å². The lowest BCUT2D eigenvalue weighted by Crippen LogP contribution is -2.11. The van der Waals surface area contributed by atoms with Crippen molar-refractivity contribution in [3.63, 3.8) is 0 Å². The van der Waals surface area contributed by atoms with Gasteiger partial charge in [-0.3, -0.25) is 0 Å². The third-order valence-corrected chi connectivity index (χ3v) is 5.51. The molecule has 2 nitrogen and oxygen atoms in total. The Hall–Kier alpha value is -1.00. The van der Waals surface area contributed by atoms with E-state index in [2.05, 4.69) is 45.7 Å². The lowest BCUT2D eigenvalue weighted by Gasteiger charge is -2.28. The van der Waals surface area contributed by atoms with Gasteiger partial charge in [0, 0.05) is 8.95 Å². The molecule has 4 heteroatoms. The molecule has 0 saturated heterocycles. The maximum Gasteiger partial charge on any atom is 0.116 e. The molecule has 2 aromatic rings. The topological polar surface area (TPSA) is 40.5 Å². The van der Waals surface area contributed by atoms with E-state index in [1.807, 2.05) is 12.1 Å². The van der Waals surface area contributed by atoms with E-state index in [0.717, 1.165) is 21.8 Å². The monoisotopic (exact) mass is 426 g/mol. The summed E-state index contributed by atoms with van der Waals surface area (Å²) in [7, 11) is 0. The van der Waals surface area contributed by atoms with Crippen LogP contribution in [0.1, 0.15) is 49.7 Å². The smallest absolute Gasteiger partial charge is 0.116 e. The van der Waals surface area contributed by atoms with Gasteiger partial charge in [0.1, 0.15) is 11.5 Å². The second-order valence-electron chi connectivity index (χ2n) is 5.44. The Kier molecular flexibility index (Phi) is 5.93. The Morgan fingerprint density at radius 2 is 1.14 bits per heavy atom. The Labute approximate surface area is 148 Å². The van der Waals surface area contributed by atoms with Crippen molar-refractivity contribution in [3.05, 3.63) is 56.5 Å². The molecule has 0 radical (unpaired) electrons. The maximum atomic E-state index is 9.61. The van der Waals surface area contributed by atoms with Crippen LogP contribution in [-0.4, -0.2) is 10.2 Å². The van der Waals surface area contributed by atoms with Gasteiger partial charge < -0.3 is 10.2 Å². The van der Waals surface area contributed by atoms with Gasteiger partial charge in [0.25, 0.3) is 0 Å². The minimum atomic E-state index is 0.268. The number of hydrogen-bond donors (Lipinski definition) is 2. The van der Waals surface area contributed by atoms with Crippen LogP contribution in [0, 0.1) is 0 Å². The maximum absolute atomic E-state index is 9.61. The second kappa shape index (κ2) is 7.51. The normalized spacial score (nSPS) is 13.8. The van der Waals surface area contributed by atoms with Gasteiger partial charge in [0.15, 0.2) is 0 Å². The van der Waals surface area contributed by atoms with Gasteiger partial charge in [-0.2, -0.15) is 0 Å². The van der Waals surface area contributed by atoms with Crippen LogP contribution in [0.4, 0.5) is 0 Å². The van der Waals surface area contributed by atoms with Crippen LogP contribution in [0.15, 0.2) is 45.3 Å². The Morgan fingerprint density at radius 3 is 1.41 bits per heavy atom. The van der Waals surface area contributed by atoms with E-state index in [4.69, 9.17) is 0 Å². The van der Waals surface area contributed by atoms with Gasteiger partial charge in [-0.1, -0.05) is 57.8 Å². The molecule has 0 saturated carbocycles. The van der Waals surface area contributed by atoms with Gasteiger partial charge in [0.2, 0.25) is 0 Å². The average Bonchev–Trinajstić information content (AvgIpc) is 2.47. The highest BCUT2D eigenvalue weighted by Gasteiger charge is 2.25. The molecule has 2 N–H and O–H groups in total. The number of benzene rings is 2. The summed E-state index contributed by atoms with van der Waals surface area (Å²) in [5, 5.41) is 19.2.